The van der Waals surface area contributed by atoms with Crippen LogP contribution in [-0.2, 0) is 5.41 Å². The maximum Gasteiger partial charge on any atom is 0.0714 e. The molecular formula is C63H42N2. The van der Waals surface area contributed by atoms with Gasteiger partial charge in [-0.1, -0.05) is 206 Å². The van der Waals surface area contributed by atoms with Crippen LogP contribution in [-0.4, -0.2) is 4.40 Å². The van der Waals surface area contributed by atoms with Gasteiger partial charge in [0.1, 0.15) is 0 Å². The lowest BCUT2D eigenvalue weighted by Gasteiger charge is -2.35. The maximum atomic E-state index is 2.51. The quantitative estimate of drug-likeness (QED) is 0.145. The van der Waals surface area contributed by atoms with Gasteiger partial charge >= 0.3 is 0 Å². The van der Waals surface area contributed by atoms with E-state index in [4.69, 9.17) is 0 Å². The maximum absolute atomic E-state index is 2.51. The summed E-state index contributed by atoms with van der Waals surface area (Å²) in [7, 11) is 0. The van der Waals surface area contributed by atoms with Gasteiger partial charge in [0.05, 0.1) is 22.0 Å². The Morgan fingerprint density at radius 2 is 0.846 bits per heavy atom. The van der Waals surface area contributed by atoms with Gasteiger partial charge in [-0.2, -0.15) is 0 Å². The number of pyridine rings is 1. The lowest BCUT2D eigenvalue weighted by Crippen LogP contribution is -2.28. The molecule has 2 aromatic heterocycles. The molecule has 0 saturated carbocycles. The smallest absolute Gasteiger partial charge is 0.0714 e. The highest BCUT2D eigenvalue weighted by Crippen LogP contribution is 2.57. The molecular weight excluding hydrogens is 785 g/mol. The Morgan fingerprint density at radius 1 is 0.323 bits per heavy atom. The molecule has 0 aliphatic heterocycles. The highest BCUT2D eigenvalue weighted by Gasteiger charge is 2.46. The van der Waals surface area contributed by atoms with Crippen LogP contribution in [0.25, 0.3) is 71.5 Å². The number of fused-ring (bicyclic) bond motifs is 11. The van der Waals surface area contributed by atoms with Crippen LogP contribution in [0.15, 0.2) is 255 Å². The normalized spacial score (nSPS) is 12.7. The van der Waals surface area contributed by atoms with E-state index in [1.807, 2.05) is 0 Å². The van der Waals surface area contributed by atoms with Crippen LogP contribution in [0.3, 0.4) is 0 Å². The molecule has 0 fully saturated rings. The van der Waals surface area contributed by atoms with Gasteiger partial charge in [0.15, 0.2) is 0 Å². The molecule has 2 heteroatoms. The third-order valence-corrected chi connectivity index (χ3v) is 13.8. The first-order chi connectivity index (χ1) is 32.3. The van der Waals surface area contributed by atoms with Gasteiger partial charge in [-0.05, 0) is 104 Å². The van der Waals surface area contributed by atoms with Crippen molar-refractivity contribution in [1.82, 2.24) is 4.40 Å². The third-order valence-electron chi connectivity index (χ3n) is 13.8. The van der Waals surface area contributed by atoms with Crippen LogP contribution in [0.2, 0.25) is 0 Å². The van der Waals surface area contributed by atoms with E-state index in [0.29, 0.717) is 0 Å². The Hall–Kier alpha value is -8.46. The molecule has 0 radical (unpaired) electrons. The lowest BCUT2D eigenvalue weighted by atomic mass is 9.67. The number of benzene rings is 10. The SMILES string of the molecule is c1ccc(-c2c3c(-c4cccc(N(c5ccccc5)c5ccc6c(c5)C(c5ccccc5)(c5ccccc5)c5ccccc5-6)c4)cccc3n3c4ccccc4c4ccccc4c23)cc1. The summed E-state index contributed by atoms with van der Waals surface area (Å²) in [4.78, 5) is 2.43. The second kappa shape index (κ2) is 14.8. The molecule has 0 bridgehead atoms. The monoisotopic (exact) mass is 826 g/mol. The fourth-order valence-corrected chi connectivity index (χ4v) is 11.2. The second-order valence-corrected chi connectivity index (χ2v) is 17.2. The highest BCUT2D eigenvalue weighted by atomic mass is 15.1. The molecule has 12 aromatic rings. The second-order valence-electron chi connectivity index (χ2n) is 17.2. The van der Waals surface area contributed by atoms with Crippen LogP contribution in [0.4, 0.5) is 17.1 Å². The highest BCUT2D eigenvalue weighted by molar-refractivity contribution is 6.24. The Morgan fingerprint density at radius 3 is 1.60 bits per heavy atom. The zero-order valence-electron chi connectivity index (χ0n) is 35.6. The van der Waals surface area contributed by atoms with Crippen molar-refractivity contribution in [3.63, 3.8) is 0 Å². The summed E-state index contributed by atoms with van der Waals surface area (Å²) < 4.78 is 2.51. The summed E-state index contributed by atoms with van der Waals surface area (Å²) in [5.74, 6) is 0. The summed E-state index contributed by atoms with van der Waals surface area (Å²) in [6, 6.07) is 93.8. The Balaban J connectivity index is 1.06. The zero-order chi connectivity index (χ0) is 42.9. The standard InChI is InChI=1S/C63H42N2/c1-5-21-43(22-6-1)60-61-50(35-20-38-59(61)65-58-37-18-16-33-54(58)51-31-13-14-34-55(51)62(60)65)44-23-19-30-48(41-44)64(47-28-11-4-12-29-47)49-39-40-53-52-32-15-17-36-56(52)63(57(53)42-49,45-24-7-2-8-25-45)46-26-9-3-10-27-46/h1-42H. The molecule has 0 amide bonds. The van der Waals surface area contributed by atoms with Crippen LogP contribution < -0.4 is 4.90 Å². The number of para-hydroxylation sites is 2. The number of aromatic nitrogens is 1. The van der Waals surface area contributed by atoms with Crippen molar-refractivity contribution in [3.8, 4) is 33.4 Å². The molecule has 1 aliphatic carbocycles. The molecule has 0 N–H and O–H groups in total. The van der Waals surface area contributed by atoms with E-state index in [9.17, 15) is 0 Å². The molecule has 0 spiro atoms. The lowest BCUT2D eigenvalue weighted by molar-refractivity contribution is 0.768. The van der Waals surface area contributed by atoms with Crippen molar-refractivity contribution in [3.05, 3.63) is 277 Å². The summed E-state index contributed by atoms with van der Waals surface area (Å²) in [6.45, 7) is 0. The minimum Gasteiger partial charge on any atom is -0.310 e. The number of hydrogen-bond acceptors (Lipinski definition) is 1. The summed E-state index contributed by atoms with van der Waals surface area (Å²) in [5, 5.41) is 5.00. The Kier molecular flexibility index (Phi) is 8.47. The molecule has 0 unspecified atom stereocenters. The molecule has 2 nitrogen and oxygen atoms in total. The van der Waals surface area contributed by atoms with Gasteiger partial charge in [0.2, 0.25) is 0 Å². The first-order valence-corrected chi connectivity index (χ1v) is 22.5. The first kappa shape index (κ1) is 37.1. The average Bonchev–Trinajstić information content (AvgIpc) is 3.89. The first-order valence-electron chi connectivity index (χ1n) is 22.5. The Bertz CT molecular complexity index is 3720. The Labute approximate surface area is 378 Å². The van der Waals surface area contributed by atoms with E-state index in [1.165, 1.54) is 88.2 Å². The van der Waals surface area contributed by atoms with Crippen LogP contribution in [0.1, 0.15) is 22.3 Å². The molecule has 65 heavy (non-hydrogen) atoms. The largest absolute Gasteiger partial charge is 0.310 e. The zero-order valence-corrected chi connectivity index (χ0v) is 35.6. The van der Waals surface area contributed by atoms with E-state index < -0.39 is 5.41 Å². The molecule has 0 saturated heterocycles. The molecule has 0 atom stereocenters. The minimum atomic E-state index is -0.510. The predicted octanol–water partition coefficient (Wildman–Crippen LogP) is 16.6. The minimum absolute atomic E-state index is 0.510. The molecule has 1 aliphatic rings. The van der Waals surface area contributed by atoms with Gasteiger partial charge in [0, 0.05) is 38.8 Å². The van der Waals surface area contributed by atoms with Crippen molar-refractivity contribution in [2.45, 2.75) is 5.41 Å². The molecule has 304 valence electrons. The van der Waals surface area contributed by atoms with E-state index >= 15 is 0 Å². The van der Waals surface area contributed by atoms with E-state index in [2.05, 4.69) is 264 Å². The fourth-order valence-electron chi connectivity index (χ4n) is 11.2. The van der Waals surface area contributed by atoms with Crippen molar-refractivity contribution < 1.29 is 0 Å². The van der Waals surface area contributed by atoms with Crippen molar-refractivity contribution in [1.29, 1.82) is 0 Å². The number of nitrogens with zero attached hydrogens (tertiary/aromatic N) is 2. The summed E-state index contributed by atoms with van der Waals surface area (Å²) >= 11 is 0. The average molecular weight is 827 g/mol. The van der Waals surface area contributed by atoms with Crippen molar-refractivity contribution in [2.24, 2.45) is 0 Å². The van der Waals surface area contributed by atoms with Gasteiger partial charge in [-0.15, -0.1) is 0 Å². The van der Waals surface area contributed by atoms with Crippen molar-refractivity contribution in [2.75, 3.05) is 4.90 Å². The third kappa shape index (κ3) is 5.54. The predicted molar refractivity (Wildman–Crippen MR) is 273 cm³/mol. The number of rotatable bonds is 7. The summed E-state index contributed by atoms with van der Waals surface area (Å²) in [6.07, 6.45) is 0. The molecule has 10 aromatic carbocycles. The van der Waals surface area contributed by atoms with Gasteiger partial charge in [0.25, 0.3) is 0 Å². The van der Waals surface area contributed by atoms with Crippen LogP contribution >= 0.6 is 0 Å². The topological polar surface area (TPSA) is 7.65 Å². The number of anilines is 3. The van der Waals surface area contributed by atoms with Crippen LogP contribution in [0, 0.1) is 0 Å². The van der Waals surface area contributed by atoms with E-state index in [-0.39, 0.29) is 0 Å². The molecule has 13 rings (SSSR count). The van der Waals surface area contributed by atoms with Gasteiger partial charge < -0.3 is 9.30 Å². The van der Waals surface area contributed by atoms with E-state index in [0.717, 1.165) is 22.6 Å². The van der Waals surface area contributed by atoms with Crippen LogP contribution in [0.5, 0.6) is 0 Å². The summed E-state index contributed by atoms with van der Waals surface area (Å²) in [5.41, 5.74) is 18.9. The van der Waals surface area contributed by atoms with Gasteiger partial charge in [-0.3, -0.25) is 0 Å². The number of hydrogen-bond donors (Lipinski definition) is 0. The van der Waals surface area contributed by atoms with Gasteiger partial charge in [-0.25, -0.2) is 0 Å². The van der Waals surface area contributed by atoms with Crippen molar-refractivity contribution >= 4 is 55.2 Å². The molecule has 2 heterocycles. The fraction of sp³-hybridized carbons (Fsp3) is 0.0159. The van der Waals surface area contributed by atoms with E-state index in [1.54, 1.807) is 0 Å².